The zero-order chi connectivity index (χ0) is 13.4. The van der Waals surface area contributed by atoms with Gasteiger partial charge in [0.15, 0.2) is 0 Å². The van der Waals surface area contributed by atoms with Crippen molar-refractivity contribution in [1.82, 2.24) is 0 Å². The van der Waals surface area contributed by atoms with Crippen LogP contribution < -0.4 is 5.73 Å². The number of carboxylic acids is 1. The number of thiophene rings is 1. The lowest BCUT2D eigenvalue weighted by atomic mass is 10.1. The Kier molecular flexibility index (Phi) is 3.83. The fourth-order valence-corrected chi connectivity index (χ4v) is 2.56. The molecule has 0 radical (unpaired) electrons. The van der Waals surface area contributed by atoms with Gasteiger partial charge in [0.1, 0.15) is 16.0 Å². The SMILES string of the molecule is CC(C)(C)OC(=O)c1c(C(=O)O)sc(Br)c1N. The Balaban J connectivity index is 3.21. The lowest BCUT2D eigenvalue weighted by molar-refractivity contribution is 0.00680. The largest absolute Gasteiger partial charge is 0.477 e. The second-order valence-electron chi connectivity index (χ2n) is 4.30. The maximum absolute atomic E-state index is 11.8. The van der Waals surface area contributed by atoms with E-state index in [4.69, 9.17) is 15.6 Å². The summed E-state index contributed by atoms with van der Waals surface area (Å²) in [5.74, 6) is -1.93. The molecule has 5 nitrogen and oxygen atoms in total. The number of hydrogen-bond donors (Lipinski definition) is 2. The number of nitrogens with two attached hydrogens (primary N) is 1. The first-order chi connectivity index (χ1) is 7.63. The van der Waals surface area contributed by atoms with Crippen LogP contribution in [0.3, 0.4) is 0 Å². The summed E-state index contributed by atoms with van der Waals surface area (Å²) in [5, 5.41) is 8.98. The summed E-state index contributed by atoms with van der Waals surface area (Å²) < 4.78 is 5.53. The third kappa shape index (κ3) is 3.19. The third-order valence-corrected chi connectivity index (χ3v) is 3.59. The van der Waals surface area contributed by atoms with E-state index in [0.717, 1.165) is 11.3 Å². The Labute approximate surface area is 111 Å². The van der Waals surface area contributed by atoms with Crippen LogP contribution in [0.1, 0.15) is 40.8 Å². The molecular formula is C10H12BrNO4S. The summed E-state index contributed by atoms with van der Waals surface area (Å²) in [6.07, 6.45) is 0. The first-order valence-electron chi connectivity index (χ1n) is 4.68. The van der Waals surface area contributed by atoms with Crippen LogP contribution in [0.15, 0.2) is 3.79 Å². The lowest BCUT2D eigenvalue weighted by Crippen LogP contribution is -2.25. The Morgan fingerprint density at radius 1 is 1.41 bits per heavy atom. The van der Waals surface area contributed by atoms with Crippen molar-refractivity contribution in [1.29, 1.82) is 0 Å². The van der Waals surface area contributed by atoms with Crippen LogP contribution in [-0.4, -0.2) is 22.6 Å². The molecule has 0 bridgehead atoms. The summed E-state index contributed by atoms with van der Waals surface area (Å²) in [5.41, 5.74) is 4.97. The van der Waals surface area contributed by atoms with Crippen LogP contribution in [0.4, 0.5) is 5.69 Å². The van der Waals surface area contributed by atoms with E-state index in [2.05, 4.69) is 15.9 Å². The normalized spacial score (nSPS) is 11.3. The van der Waals surface area contributed by atoms with E-state index in [1.807, 2.05) is 0 Å². The Morgan fingerprint density at radius 2 is 1.94 bits per heavy atom. The minimum Gasteiger partial charge on any atom is -0.477 e. The van der Waals surface area contributed by atoms with E-state index >= 15 is 0 Å². The minimum absolute atomic E-state index is 0.0932. The van der Waals surface area contributed by atoms with Gasteiger partial charge in [-0.25, -0.2) is 9.59 Å². The zero-order valence-corrected chi connectivity index (χ0v) is 11.9. The van der Waals surface area contributed by atoms with Gasteiger partial charge in [-0.1, -0.05) is 0 Å². The second kappa shape index (κ2) is 4.66. The topological polar surface area (TPSA) is 89.6 Å². The summed E-state index contributed by atoms with van der Waals surface area (Å²) in [4.78, 5) is 22.7. The first kappa shape index (κ1) is 14.0. The second-order valence-corrected chi connectivity index (χ2v) is 6.64. The van der Waals surface area contributed by atoms with Gasteiger partial charge in [-0.2, -0.15) is 0 Å². The maximum atomic E-state index is 11.8. The molecule has 0 aliphatic heterocycles. The summed E-state index contributed by atoms with van der Waals surface area (Å²) >= 11 is 4.00. The Hall–Kier alpha value is -1.08. The van der Waals surface area contributed by atoms with Gasteiger partial charge in [-0.05, 0) is 36.7 Å². The minimum atomic E-state index is -1.20. The van der Waals surface area contributed by atoms with Crippen molar-refractivity contribution in [3.8, 4) is 0 Å². The van der Waals surface area contributed by atoms with Crippen LogP contribution >= 0.6 is 27.3 Å². The molecule has 0 unspecified atom stereocenters. The van der Waals surface area contributed by atoms with Crippen LogP contribution in [-0.2, 0) is 4.74 Å². The molecule has 1 aromatic rings. The number of hydrogen-bond acceptors (Lipinski definition) is 5. The number of carboxylic acid groups (broad SMARTS) is 1. The Morgan fingerprint density at radius 3 is 2.35 bits per heavy atom. The number of nitrogen functional groups attached to an aromatic ring is 1. The van der Waals surface area contributed by atoms with Crippen LogP contribution in [0, 0.1) is 0 Å². The number of esters is 1. The van der Waals surface area contributed by atoms with Crippen LogP contribution in [0.2, 0.25) is 0 Å². The van der Waals surface area contributed by atoms with Crippen molar-refractivity contribution in [2.75, 3.05) is 5.73 Å². The molecule has 94 valence electrons. The maximum Gasteiger partial charge on any atom is 0.346 e. The molecule has 1 aromatic heterocycles. The molecule has 1 rings (SSSR count). The number of carbonyl (C=O) groups excluding carboxylic acids is 1. The number of anilines is 1. The molecule has 0 fully saturated rings. The molecule has 0 amide bonds. The predicted octanol–water partition coefficient (Wildman–Crippen LogP) is 2.75. The van der Waals surface area contributed by atoms with Gasteiger partial charge < -0.3 is 15.6 Å². The number of carbonyl (C=O) groups is 2. The van der Waals surface area contributed by atoms with Gasteiger partial charge in [-0.15, -0.1) is 11.3 Å². The zero-order valence-electron chi connectivity index (χ0n) is 9.54. The molecule has 0 spiro atoms. The van der Waals surface area contributed by atoms with Crippen molar-refractivity contribution >= 4 is 44.9 Å². The molecular weight excluding hydrogens is 310 g/mol. The van der Waals surface area contributed by atoms with Crippen molar-refractivity contribution in [3.05, 3.63) is 14.2 Å². The van der Waals surface area contributed by atoms with Crippen molar-refractivity contribution in [3.63, 3.8) is 0 Å². The van der Waals surface area contributed by atoms with Gasteiger partial charge in [0, 0.05) is 0 Å². The van der Waals surface area contributed by atoms with E-state index in [1.54, 1.807) is 20.8 Å². The van der Waals surface area contributed by atoms with E-state index in [1.165, 1.54) is 0 Å². The van der Waals surface area contributed by atoms with Crippen molar-refractivity contribution in [2.45, 2.75) is 26.4 Å². The highest BCUT2D eigenvalue weighted by molar-refractivity contribution is 9.11. The summed E-state index contributed by atoms with van der Waals surface area (Å²) in [7, 11) is 0. The molecule has 0 aliphatic carbocycles. The molecule has 0 aliphatic rings. The molecule has 1 heterocycles. The van der Waals surface area contributed by atoms with Gasteiger partial charge in [0.05, 0.1) is 9.47 Å². The highest BCUT2D eigenvalue weighted by atomic mass is 79.9. The monoisotopic (exact) mass is 321 g/mol. The summed E-state index contributed by atoms with van der Waals surface area (Å²) in [6.45, 7) is 5.09. The highest BCUT2D eigenvalue weighted by Gasteiger charge is 2.29. The third-order valence-electron chi connectivity index (χ3n) is 1.70. The summed E-state index contributed by atoms with van der Waals surface area (Å²) in [6, 6.07) is 0. The van der Waals surface area contributed by atoms with E-state index in [9.17, 15) is 9.59 Å². The molecule has 17 heavy (non-hydrogen) atoms. The van der Waals surface area contributed by atoms with Gasteiger partial charge in [-0.3, -0.25) is 0 Å². The average molecular weight is 322 g/mol. The van der Waals surface area contributed by atoms with E-state index in [-0.39, 0.29) is 16.1 Å². The molecule has 0 saturated carbocycles. The first-order valence-corrected chi connectivity index (χ1v) is 6.29. The quantitative estimate of drug-likeness (QED) is 0.817. The fourth-order valence-electron chi connectivity index (χ4n) is 1.10. The number of halogens is 1. The standard InChI is InChI=1S/C10H12BrNO4S/c1-10(2,3)16-9(15)4-5(12)7(11)17-6(4)8(13)14/h12H2,1-3H3,(H,13,14). The van der Waals surface area contributed by atoms with Crippen LogP contribution in [0.5, 0.6) is 0 Å². The van der Waals surface area contributed by atoms with Gasteiger partial charge >= 0.3 is 11.9 Å². The van der Waals surface area contributed by atoms with E-state index in [0.29, 0.717) is 3.79 Å². The molecule has 7 heteroatoms. The van der Waals surface area contributed by atoms with Crippen molar-refractivity contribution < 1.29 is 19.4 Å². The van der Waals surface area contributed by atoms with E-state index < -0.39 is 17.5 Å². The molecule has 3 N–H and O–H groups in total. The van der Waals surface area contributed by atoms with Gasteiger partial charge in [0.2, 0.25) is 0 Å². The van der Waals surface area contributed by atoms with Crippen molar-refractivity contribution in [2.24, 2.45) is 0 Å². The van der Waals surface area contributed by atoms with Gasteiger partial charge in [0.25, 0.3) is 0 Å². The molecule has 0 saturated heterocycles. The number of rotatable bonds is 2. The predicted molar refractivity (Wildman–Crippen MR) is 68.6 cm³/mol. The fraction of sp³-hybridized carbons (Fsp3) is 0.400. The average Bonchev–Trinajstić information content (AvgIpc) is 2.40. The Bertz CT molecular complexity index is 475. The highest BCUT2D eigenvalue weighted by Crippen LogP contribution is 2.36. The smallest absolute Gasteiger partial charge is 0.346 e. The lowest BCUT2D eigenvalue weighted by Gasteiger charge is -2.19. The molecule has 0 aromatic carbocycles. The van der Waals surface area contributed by atoms with Crippen LogP contribution in [0.25, 0.3) is 0 Å². The number of aromatic carboxylic acids is 1. The number of ether oxygens (including phenoxy) is 1. The molecule has 0 atom stereocenters.